The second kappa shape index (κ2) is 12.4. The highest BCUT2D eigenvalue weighted by molar-refractivity contribution is 5.94. The van der Waals surface area contributed by atoms with Crippen LogP contribution in [0.3, 0.4) is 0 Å². The summed E-state index contributed by atoms with van der Waals surface area (Å²) in [6.07, 6.45) is 0.197. The van der Waals surface area contributed by atoms with Crippen LogP contribution < -0.4 is 10.6 Å². The van der Waals surface area contributed by atoms with Gasteiger partial charge in [0, 0.05) is 24.2 Å². The number of rotatable bonds is 10. The fourth-order valence-corrected chi connectivity index (χ4v) is 3.05. The van der Waals surface area contributed by atoms with Crippen molar-refractivity contribution in [3.8, 4) is 0 Å². The first-order valence-corrected chi connectivity index (χ1v) is 10.8. The van der Waals surface area contributed by atoms with Crippen LogP contribution in [-0.4, -0.2) is 36.5 Å². The van der Waals surface area contributed by atoms with Crippen molar-refractivity contribution in [1.29, 1.82) is 0 Å². The average Bonchev–Trinajstić information content (AvgIpc) is 2.71. The summed E-state index contributed by atoms with van der Waals surface area (Å²) in [5, 5.41) is 5.39. The van der Waals surface area contributed by atoms with Crippen LogP contribution in [-0.2, 0) is 23.9 Å². The van der Waals surface area contributed by atoms with E-state index < -0.39 is 17.8 Å². The molecule has 0 bridgehead atoms. The molecule has 0 aliphatic carbocycles. The van der Waals surface area contributed by atoms with Crippen LogP contribution in [0.25, 0.3) is 0 Å². The summed E-state index contributed by atoms with van der Waals surface area (Å²) in [7, 11) is 0. The highest BCUT2D eigenvalue weighted by atomic mass is 16.5. The Morgan fingerprint density at radius 3 is 2.03 bits per heavy atom. The molecule has 33 heavy (non-hydrogen) atoms. The molecule has 0 spiro atoms. The van der Waals surface area contributed by atoms with Crippen LogP contribution in [0.15, 0.2) is 42.5 Å². The standard InChI is InChI=1S/C25H30N2O6/c1-16(2)33-25(31)19-8-10-20(11-9-19)26-22(28)6-5-7-24(30)32-15-23(29)27-21-13-17(3)12-18(4)14-21/h8-14,16H,5-7,15H2,1-4H3,(H,26,28)(H,27,29). The number of nitrogens with one attached hydrogen (secondary N) is 2. The number of esters is 2. The van der Waals surface area contributed by atoms with Gasteiger partial charge in [-0.15, -0.1) is 0 Å². The molecule has 0 fully saturated rings. The molecular weight excluding hydrogens is 424 g/mol. The normalized spacial score (nSPS) is 10.5. The van der Waals surface area contributed by atoms with E-state index in [0.29, 0.717) is 16.9 Å². The highest BCUT2D eigenvalue weighted by Gasteiger charge is 2.12. The molecule has 8 nitrogen and oxygen atoms in total. The number of anilines is 2. The Labute approximate surface area is 193 Å². The molecule has 0 atom stereocenters. The topological polar surface area (TPSA) is 111 Å². The Morgan fingerprint density at radius 2 is 1.42 bits per heavy atom. The highest BCUT2D eigenvalue weighted by Crippen LogP contribution is 2.14. The molecule has 2 amide bonds. The molecule has 0 aliphatic rings. The van der Waals surface area contributed by atoms with Gasteiger partial charge in [-0.2, -0.15) is 0 Å². The van der Waals surface area contributed by atoms with Gasteiger partial charge in [-0.25, -0.2) is 4.79 Å². The molecule has 0 aromatic heterocycles. The van der Waals surface area contributed by atoms with Crippen molar-refractivity contribution in [3.05, 3.63) is 59.2 Å². The van der Waals surface area contributed by atoms with Crippen molar-refractivity contribution >= 4 is 35.1 Å². The van der Waals surface area contributed by atoms with Gasteiger partial charge in [-0.3, -0.25) is 14.4 Å². The van der Waals surface area contributed by atoms with Crippen LogP contribution in [0.4, 0.5) is 11.4 Å². The monoisotopic (exact) mass is 454 g/mol. The Bertz CT molecular complexity index is 978. The summed E-state index contributed by atoms with van der Waals surface area (Å²) in [5.74, 6) is -1.67. The Balaban J connectivity index is 1.66. The SMILES string of the molecule is Cc1cc(C)cc(NC(=O)COC(=O)CCCC(=O)Nc2ccc(C(=O)OC(C)C)cc2)c1. The first-order valence-electron chi connectivity index (χ1n) is 10.8. The van der Waals surface area contributed by atoms with Crippen LogP contribution in [0.1, 0.15) is 54.6 Å². The van der Waals surface area contributed by atoms with Crippen LogP contribution in [0.2, 0.25) is 0 Å². The first kappa shape index (κ1) is 25.6. The third-order valence-electron chi connectivity index (χ3n) is 4.40. The van der Waals surface area contributed by atoms with Crippen molar-refractivity contribution in [2.45, 2.75) is 53.1 Å². The first-order chi connectivity index (χ1) is 15.6. The third kappa shape index (κ3) is 9.55. The molecule has 2 rings (SSSR count). The fraction of sp³-hybridized carbons (Fsp3) is 0.360. The van der Waals surface area contributed by atoms with Gasteiger partial charge in [-0.05, 0) is 81.6 Å². The molecule has 8 heteroatoms. The van der Waals surface area contributed by atoms with Crippen molar-refractivity contribution in [2.24, 2.45) is 0 Å². The van der Waals surface area contributed by atoms with E-state index in [1.54, 1.807) is 38.1 Å². The van der Waals surface area contributed by atoms with Crippen molar-refractivity contribution < 1.29 is 28.7 Å². The van der Waals surface area contributed by atoms with Crippen LogP contribution in [0.5, 0.6) is 0 Å². The van der Waals surface area contributed by atoms with Gasteiger partial charge in [-0.1, -0.05) is 6.07 Å². The zero-order chi connectivity index (χ0) is 24.4. The van der Waals surface area contributed by atoms with Gasteiger partial charge in [0.2, 0.25) is 5.91 Å². The molecule has 0 saturated heterocycles. The minimum absolute atomic E-state index is 0.0181. The van der Waals surface area contributed by atoms with Crippen molar-refractivity contribution in [1.82, 2.24) is 0 Å². The van der Waals surface area contributed by atoms with Gasteiger partial charge in [0.15, 0.2) is 6.61 Å². The Morgan fingerprint density at radius 1 is 0.818 bits per heavy atom. The maximum absolute atomic E-state index is 12.1. The molecule has 0 heterocycles. The summed E-state index contributed by atoms with van der Waals surface area (Å²) in [6.45, 7) is 7.01. The summed E-state index contributed by atoms with van der Waals surface area (Å²) in [6, 6.07) is 12.0. The number of benzene rings is 2. The van der Waals surface area contributed by atoms with Crippen molar-refractivity contribution in [2.75, 3.05) is 17.2 Å². The number of hydrogen-bond donors (Lipinski definition) is 2. The molecular formula is C25H30N2O6. The number of ether oxygens (including phenoxy) is 2. The molecule has 2 N–H and O–H groups in total. The quantitative estimate of drug-likeness (QED) is 0.522. The van der Waals surface area contributed by atoms with Gasteiger partial charge < -0.3 is 20.1 Å². The maximum atomic E-state index is 12.1. The average molecular weight is 455 g/mol. The second-order valence-electron chi connectivity index (χ2n) is 8.02. The molecule has 0 saturated carbocycles. The van der Waals surface area contributed by atoms with Gasteiger partial charge in [0.25, 0.3) is 5.91 Å². The van der Waals surface area contributed by atoms with E-state index in [-0.39, 0.29) is 37.9 Å². The minimum atomic E-state index is -0.550. The minimum Gasteiger partial charge on any atom is -0.459 e. The summed E-state index contributed by atoms with van der Waals surface area (Å²) in [5.41, 5.74) is 3.61. The predicted molar refractivity (Wildman–Crippen MR) is 125 cm³/mol. The lowest BCUT2D eigenvalue weighted by atomic mass is 10.1. The zero-order valence-electron chi connectivity index (χ0n) is 19.4. The molecule has 2 aromatic rings. The largest absolute Gasteiger partial charge is 0.459 e. The lowest BCUT2D eigenvalue weighted by Crippen LogP contribution is -2.21. The third-order valence-corrected chi connectivity index (χ3v) is 4.40. The maximum Gasteiger partial charge on any atom is 0.338 e. The van der Waals surface area contributed by atoms with E-state index in [1.807, 2.05) is 32.0 Å². The number of carbonyl (C=O) groups excluding carboxylic acids is 4. The summed E-state index contributed by atoms with van der Waals surface area (Å²) in [4.78, 5) is 47.7. The number of amides is 2. The molecule has 0 aliphatic heterocycles. The molecule has 0 unspecified atom stereocenters. The summed E-state index contributed by atoms with van der Waals surface area (Å²) < 4.78 is 10.1. The van der Waals surface area contributed by atoms with E-state index >= 15 is 0 Å². The van der Waals surface area contributed by atoms with Gasteiger partial charge in [0.05, 0.1) is 11.7 Å². The smallest absolute Gasteiger partial charge is 0.338 e. The van der Waals surface area contributed by atoms with Crippen molar-refractivity contribution in [3.63, 3.8) is 0 Å². The second-order valence-corrected chi connectivity index (χ2v) is 8.02. The number of aryl methyl sites for hydroxylation is 2. The van der Waals surface area contributed by atoms with E-state index in [4.69, 9.17) is 9.47 Å². The van der Waals surface area contributed by atoms with Crippen LogP contribution >= 0.6 is 0 Å². The van der Waals surface area contributed by atoms with Crippen LogP contribution in [0, 0.1) is 13.8 Å². The molecule has 0 radical (unpaired) electrons. The Kier molecular flexibility index (Phi) is 9.60. The van der Waals surface area contributed by atoms with Gasteiger partial charge in [0.1, 0.15) is 0 Å². The number of hydrogen-bond acceptors (Lipinski definition) is 6. The Hall–Kier alpha value is -3.68. The van der Waals surface area contributed by atoms with E-state index in [1.165, 1.54) is 0 Å². The number of carbonyl (C=O) groups is 4. The predicted octanol–water partition coefficient (Wildman–Crippen LogP) is 4.16. The lowest BCUT2D eigenvalue weighted by molar-refractivity contribution is -0.147. The fourth-order valence-electron chi connectivity index (χ4n) is 3.05. The molecule has 2 aromatic carbocycles. The van der Waals surface area contributed by atoms with E-state index in [2.05, 4.69) is 10.6 Å². The zero-order valence-corrected chi connectivity index (χ0v) is 19.4. The van der Waals surface area contributed by atoms with E-state index in [9.17, 15) is 19.2 Å². The van der Waals surface area contributed by atoms with Gasteiger partial charge >= 0.3 is 11.9 Å². The van der Waals surface area contributed by atoms with E-state index in [0.717, 1.165) is 11.1 Å². The molecule has 176 valence electrons. The summed E-state index contributed by atoms with van der Waals surface area (Å²) >= 11 is 0. The lowest BCUT2D eigenvalue weighted by Gasteiger charge is -2.09.